The summed E-state index contributed by atoms with van der Waals surface area (Å²) < 4.78 is 4.99. The van der Waals surface area contributed by atoms with Crippen LogP contribution in [0.5, 0.6) is 0 Å². The molecule has 6 nitrogen and oxygen atoms in total. The van der Waals surface area contributed by atoms with Crippen molar-refractivity contribution in [3.8, 4) is 0 Å². The second-order valence-corrected chi connectivity index (χ2v) is 6.81. The first kappa shape index (κ1) is 18.9. The van der Waals surface area contributed by atoms with E-state index >= 15 is 0 Å². The molecule has 0 saturated carbocycles. The van der Waals surface area contributed by atoms with E-state index in [0.29, 0.717) is 12.4 Å². The fourth-order valence-corrected chi connectivity index (χ4v) is 2.40. The highest BCUT2D eigenvalue weighted by atomic mass is 16.5. The molecule has 0 radical (unpaired) electrons. The summed E-state index contributed by atoms with van der Waals surface area (Å²) in [5, 5.41) is 6.07. The minimum absolute atomic E-state index is 0.0640. The molecule has 25 heavy (non-hydrogen) atoms. The zero-order valence-electron chi connectivity index (χ0n) is 15.3. The van der Waals surface area contributed by atoms with E-state index in [2.05, 4.69) is 41.4 Å². The van der Waals surface area contributed by atoms with Gasteiger partial charge in [0, 0.05) is 25.9 Å². The lowest BCUT2D eigenvalue weighted by molar-refractivity contribution is 0.102. The standard InChI is InChI=1S/C19H26N4O2/c1-19(2,3)14-8-5-6-9-15(14)23-18(24)16-12-22-17(13-21-16)20-10-7-11-25-4/h5-6,8-9,12-13H,7,10-11H2,1-4H3,(H,20,22)(H,23,24). The topological polar surface area (TPSA) is 76.1 Å². The van der Waals surface area contributed by atoms with E-state index in [-0.39, 0.29) is 17.0 Å². The summed E-state index contributed by atoms with van der Waals surface area (Å²) >= 11 is 0. The van der Waals surface area contributed by atoms with E-state index in [0.717, 1.165) is 24.2 Å². The number of benzene rings is 1. The van der Waals surface area contributed by atoms with Gasteiger partial charge in [-0.05, 0) is 23.5 Å². The molecular formula is C19H26N4O2. The molecule has 0 fully saturated rings. The SMILES string of the molecule is COCCCNc1cnc(C(=O)Nc2ccccc2C(C)(C)C)cn1. The average molecular weight is 342 g/mol. The van der Waals surface area contributed by atoms with Crippen LogP contribution in [0.25, 0.3) is 0 Å². The number of anilines is 2. The van der Waals surface area contributed by atoms with Crippen LogP contribution in [0.2, 0.25) is 0 Å². The van der Waals surface area contributed by atoms with Gasteiger partial charge in [0.2, 0.25) is 0 Å². The van der Waals surface area contributed by atoms with Crippen LogP contribution in [-0.4, -0.2) is 36.1 Å². The quantitative estimate of drug-likeness (QED) is 0.754. The first-order chi connectivity index (χ1) is 11.9. The molecule has 2 N–H and O–H groups in total. The number of hydrogen-bond donors (Lipinski definition) is 2. The Hall–Kier alpha value is -2.47. The van der Waals surface area contributed by atoms with E-state index in [1.807, 2.05) is 24.3 Å². The maximum Gasteiger partial charge on any atom is 0.275 e. The second kappa shape index (κ2) is 8.58. The lowest BCUT2D eigenvalue weighted by atomic mass is 9.86. The number of carbonyl (C=O) groups excluding carboxylic acids is 1. The molecule has 0 aliphatic carbocycles. The number of aromatic nitrogens is 2. The lowest BCUT2D eigenvalue weighted by Crippen LogP contribution is -2.19. The Kier molecular flexibility index (Phi) is 6.47. The van der Waals surface area contributed by atoms with Crippen molar-refractivity contribution < 1.29 is 9.53 Å². The highest BCUT2D eigenvalue weighted by molar-refractivity contribution is 6.03. The molecular weight excluding hydrogens is 316 g/mol. The molecule has 0 atom stereocenters. The van der Waals surface area contributed by atoms with Gasteiger partial charge >= 0.3 is 0 Å². The zero-order valence-corrected chi connectivity index (χ0v) is 15.3. The van der Waals surface area contributed by atoms with E-state index < -0.39 is 0 Å². The van der Waals surface area contributed by atoms with Crippen LogP contribution < -0.4 is 10.6 Å². The molecule has 1 aromatic heterocycles. The smallest absolute Gasteiger partial charge is 0.275 e. The average Bonchev–Trinajstić information content (AvgIpc) is 2.59. The molecule has 2 aromatic rings. The van der Waals surface area contributed by atoms with Gasteiger partial charge in [-0.25, -0.2) is 9.97 Å². The Bertz CT molecular complexity index is 693. The van der Waals surface area contributed by atoms with E-state index in [1.165, 1.54) is 6.20 Å². The summed E-state index contributed by atoms with van der Waals surface area (Å²) in [5.41, 5.74) is 2.09. The highest BCUT2D eigenvalue weighted by Gasteiger charge is 2.19. The van der Waals surface area contributed by atoms with Crippen molar-refractivity contribution in [3.05, 3.63) is 47.9 Å². The van der Waals surface area contributed by atoms with Gasteiger partial charge in [-0.3, -0.25) is 4.79 Å². The van der Waals surface area contributed by atoms with Gasteiger partial charge in [-0.1, -0.05) is 39.0 Å². The van der Waals surface area contributed by atoms with Crippen LogP contribution >= 0.6 is 0 Å². The third kappa shape index (κ3) is 5.53. The van der Waals surface area contributed by atoms with Crippen molar-refractivity contribution in [2.75, 3.05) is 30.9 Å². The third-order valence-corrected chi connectivity index (χ3v) is 3.70. The predicted molar refractivity (Wildman–Crippen MR) is 100 cm³/mol. The predicted octanol–water partition coefficient (Wildman–Crippen LogP) is 3.47. The van der Waals surface area contributed by atoms with Gasteiger partial charge in [-0.15, -0.1) is 0 Å². The summed E-state index contributed by atoms with van der Waals surface area (Å²) in [7, 11) is 1.67. The fraction of sp³-hybridized carbons (Fsp3) is 0.421. The molecule has 1 heterocycles. The first-order valence-electron chi connectivity index (χ1n) is 8.37. The molecule has 134 valence electrons. The number of rotatable bonds is 7. The molecule has 1 aromatic carbocycles. The molecule has 0 aliphatic rings. The number of nitrogens with zero attached hydrogens (tertiary/aromatic N) is 2. The third-order valence-electron chi connectivity index (χ3n) is 3.70. The van der Waals surface area contributed by atoms with Gasteiger partial charge in [0.25, 0.3) is 5.91 Å². The van der Waals surface area contributed by atoms with Crippen LogP contribution in [0.15, 0.2) is 36.7 Å². The summed E-state index contributed by atoms with van der Waals surface area (Å²) in [5.74, 6) is 0.373. The summed E-state index contributed by atoms with van der Waals surface area (Å²) in [4.78, 5) is 20.9. The monoisotopic (exact) mass is 342 g/mol. The van der Waals surface area contributed by atoms with Crippen molar-refractivity contribution in [1.29, 1.82) is 0 Å². The van der Waals surface area contributed by atoms with Crippen molar-refractivity contribution in [2.45, 2.75) is 32.6 Å². The van der Waals surface area contributed by atoms with E-state index in [4.69, 9.17) is 4.74 Å². The minimum Gasteiger partial charge on any atom is -0.385 e. The highest BCUT2D eigenvalue weighted by Crippen LogP contribution is 2.29. The number of amides is 1. The van der Waals surface area contributed by atoms with Crippen molar-refractivity contribution >= 4 is 17.4 Å². The zero-order chi connectivity index (χ0) is 18.3. The number of carbonyl (C=O) groups is 1. The van der Waals surface area contributed by atoms with Gasteiger partial charge in [0.05, 0.1) is 12.4 Å². The van der Waals surface area contributed by atoms with Crippen molar-refractivity contribution in [2.24, 2.45) is 0 Å². The second-order valence-electron chi connectivity index (χ2n) is 6.81. The Balaban J connectivity index is 2.02. The number of hydrogen-bond acceptors (Lipinski definition) is 5. The number of nitrogens with one attached hydrogen (secondary N) is 2. The summed E-state index contributed by atoms with van der Waals surface area (Å²) in [6.45, 7) is 7.77. The minimum atomic E-state index is -0.268. The van der Waals surface area contributed by atoms with E-state index in [1.54, 1.807) is 13.3 Å². The summed E-state index contributed by atoms with van der Waals surface area (Å²) in [6.07, 6.45) is 3.93. The molecule has 0 unspecified atom stereocenters. The maximum atomic E-state index is 12.5. The number of para-hydroxylation sites is 1. The number of methoxy groups -OCH3 is 1. The molecule has 1 amide bonds. The fourth-order valence-electron chi connectivity index (χ4n) is 2.40. The lowest BCUT2D eigenvalue weighted by Gasteiger charge is -2.22. The largest absolute Gasteiger partial charge is 0.385 e. The van der Waals surface area contributed by atoms with Crippen molar-refractivity contribution in [1.82, 2.24) is 9.97 Å². The van der Waals surface area contributed by atoms with Crippen LogP contribution in [0.1, 0.15) is 43.2 Å². The van der Waals surface area contributed by atoms with E-state index in [9.17, 15) is 4.79 Å². The first-order valence-corrected chi connectivity index (χ1v) is 8.37. The van der Waals surface area contributed by atoms with Crippen LogP contribution in [0.3, 0.4) is 0 Å². The molecule has 0 saturated heterocycles. The molecule has 6 heteroatoms. The normalized spacial score (nSPS) is 11.2. The maximum absolute atomic E-state index is 12.5. The molecule has 0 bridgehead atoms. The Labute approximate surface area is 149 Å². The Morgan fingerprint density at radius 1 is 1.16 bits per heavy atom. The Morgan fingerprint density at radius 3 is 2.56 bits per heavy atom. The summed E-state index contributed by atoms with van der Waals surface area (Å²) in [6, 6.07) is 7.80. The van der Waals surface area contributed by atoms with Gasteiger partial charge in [-0.2, -0.15) is 0 Å². The van der Waals surface area contributed by atoms with Crippen LogP contribution in [0.4, 0.5) is 11.5 Å². The number of ether oxygens (including phenoxy) is 1. The Morgan fingerprint density at radius 2 is 1.92 bits per heavy atom. The molecule has 2 rings (SSSR count). The van der Waals surface area contributed by atoms with Gasteiger partial charge < -0.3 is 15.4 Å². The van der Waals surface area contributed by atoms with Crippen LogP contribution in [-0.2, 0) is 10.2 Å². The van der Waals surface area contributed by atoms with Crippen LogP contribution in [0, 0.1) is 0 Å². The van der Waals surface area contributed by atoms with Gasteiger partial charge in [0.1, 0.15) is 11.5 Å². The van der Waals surface area contributed by atoms with Gasteiger partial charge in [0.15, 0.2) is 0 Å². The molecule has 0 aliphatic heterocycles. The molecule has 0 spiro atoms. The van der Waals surface area contributed by atoms with Crippen molar-refractivity contribution in [3.63, 3.8) is 0 Å².